The van der Waals surface area contributed by atoms with E-state index < -0.39 is 17.9 Å². The van der Waals surface area contributed by atoms with Gasteiger partial charge in [-0.15, -0.1) is 0 Å². The van der Waals surface area contributed by atoms with Crippen molar-refractivity contribution in [3.63, 3.8) is 0 Å². The number of carboxylic acid groups (broad SMARTS) is 3. The van der Waals surface area contributed by atoms with Crippen LogP contribution in [0.5, 0.6) is 0 Å². The average Bonchev–Trinajstić information content (AvgIpc) is 3.00. The first-order chi connectivity index (χ1) is 21.8. The van der Waals surface area contributed by atoms with Gasteiger partial charge in [0.1, 0.15) is 0 Å². The Morgan fingerprint density at radius 1 is 0.467 bits per heavy atom. The maximum atomic E-state index is 11.0. The Hall–Kier alpha value is -1.89. The Kier molecular flexibility index (Phi) is 30.7. The molecule has 0 aromatic carbocycles. The first-order valence-electron chi connectivity index (χ1n) is 18.9. The molecule has 0 aliphatic rings. The molecule has 0 saturated heterocycles. The van der Waals surface area contributed by atoms with E-state index in [9.17, 15) is 19.5 Å². The molecule has 7 heteroatoms. The maximum absolute atomic E-state index is 11.0. The topological polar surface area (TPSA) is 115 Å². The highest BCUT2D eigenvalue weighted by molar-refractivity contribution is 5.66. The summed E-state index contributed by atoms with van der Waals surface area (Å²) in [6.45, 7) is 5.87. The van der Waals surface area contributed by atoms with Gasteiger partial charge in [0, 0.05) is 18.8 Å². The van der Waals surface area contributed by atoms with Gasteiger partial charge in [-0.3, -0.25) is 9.59 Å². The minimum absolute atomic E-state index is 0.0650. The molecule has 0 aromatic rings. The van der Waals surface area contributed by atoms with Crippen LogP contribution in [-0.2, 0) is 14.4 Å². The molecule has 0 bridgehead atoms. The van der Waals surface area contributed by atoms with Gasteiger partial charge >= 0.3 is 11.9 Å². The molecule has 0 rings (SSSR count). The number of rotatable bonds is 36. The fraction of sp³-hybridized carbons (Fsp3) is 0.868. The molecule has 0 aromatic heterocycles. The van der Waals surface area contributed by atoms with Gasteiger partial charge in [0.25, 0.3) is 0 Å². The normalized spacial score (nSPS) is 11.8. The van der Waals surface area contributed by atoms with Crippen molar-refractivity contribution in [3.05, 3.63) is 12.2 Å². The van der Waals surface area contributed by atoms with Gasteiger partial charge in [-0.25, -0.2) is 0 Å². The Morgan fingerprint density at radius 2 is 0.778 bits per heavy atom. The molecule has 0 aliphatic heterocycles. The summed E-state index contributed by atoms with van der Waals surface area (Å²) in [5.41, 5.74) is 0. The smallest absolute Gasteiger partial charge is 0.303 e. The zero-order chi connectivity index (χ0) is 33.3. The van der Waals surface area contributed by atoms with Crippen LogP contribution >= 0.6 is 0 Å². The molecule has 0 radical (unpaired) electrons. The lowest BCUT2D eigenvalue weighted by Gasteiger charge is -2.39. The number of carboxylic acids is 3. The SMILES string of the molecule is CCCC/C=C/CCCCCCCCCCCCCCCCC[N+](CCCCC(=O)[O-])(CCCCC(=O)O)CCCCC(=O)O. The second-order valence-corrected chi connectivity index (χ2v) is 13.5. The van der Waals surface area contributed by atoms with E-state index in [0.717, 1.165) is 56.3 Å². The summed E-state index contributed by atoms with van der Waals surface area (Å²) in [5, 5.41) is 29.0. The standard InChI is InChI=1S/C38H71NO6/c1-2-3-4-5-6-7-8-9-10-11-12-13-14-15-16-17-18-19-20-21-25-32-39(33-26-22-29-36(40)41,34-27-23-30-37(42)43)35-28-24-31-38(44)45/h5-6H,2-4,7-35H2,1H3,(H2-,40,41,42,43,44,45)/b6-5+. The molecule has 0 amide bonds. The third-order valence-corrected chi connectivity index (χ3v) is 9.20. The molecular formula is C38H71NO6. The summed E-state index contributed by atoms with van der Waals surface area (Å²) in [6.07, 6.45) is 34.3. The number of aliphatic carboxylic acids is 3. The molecular weight excluding hydrogens is 566 g/mol. The second kappa shape index (κ2) is 32.1. The summed E-state index contributed by atoms with van der Waals surface area (Å²) in [5.74, 6) is -2.56. The van der Waals surface area contributed by atoms with Crippen molar-refractivity contribution in [1.29, 1.82) is 0 Å². The van der Waals surface area contributed by atoms with Gasteiger partial charge in [0.15, 0.2) is 0 Å². The van der Waals surface area contributed by atoms with Crippen LogP contribution in [0.4, 0.5) is 0 Å². The number of carbonyl (C=O) groups is 3. The van der Waals surface area contributed by atoms with E-state index in [4.69, 9.17) is 10.2 Å². The number of allylic oxidation sites excluding steroid dienone is 2. The van der Waals surface area contributed by atoms with E-state index in [1.165, 1.54) is 116 Å². The number of carbonyl (C=O) groups excluding carboxylic acids is 1. The van der Waals surface area contributed by atoms with Gasteiger partial charge in [-0.05, 0) is 77.0 Å². The number of hydrogen-bond acceptors (Lipinski definition) is 4. The van der Waals surface area contributed by atoms with Crippen LogP contribution in [-0.4, -0.2) is 58.8 Å². The van der Waals surface area contributed by atoms with E-state index in [0.29, 0.717) is 19.3 Å². The van der Waals surface area contributed by atoms with Gasteiger partial charge in [-0.1, -0.05) is 109 Å². The number of nitrogens with zero attached hydrogens (tertiary/aromatic N) is 1. The van der Waals surface area contributed by atoms with Gasteiger partial charge < -0.3 is 24.6 Å². The fourth-order valence-electron chi connectivity index (χ4n) is 6.40. The Bertz CT molecular complexity index is 683. The number of hydrogen-bond donors (Lipinski definition) is 2. The van der Waals surface area contributed by atoms with E-state index in [1.54, 1.807) is 0 Å². The second-order valence-electron chi connectivity index (χ2n) is 13.5. The van der Waals surface area contributed by atoms with E-state index >= 15 is 0 Å². The summed E-state index contributed by atoms with van der Waals surface area (Å²) in [7, 11) is 0. The van der Waals surface area contributed by atoms with Crippen molar-refractivity contribution >= 4 is 17.9 Å². The minimum atomic E-state index is -1.02. The molecule has 45 heavy (non-hydrogen) atoms. The Morgan fingerprint density at radius 3 is 1.13 bits per heavy atom. The van der Waals surface area contributed by atoms with Crippen molar-refractivity contribution in [1.82, 2.24) is 0 Å². The molecule has 0 atom stereocenters. The van der Waals surface area contributed by atoms with Crippen molar-refractivity contribution in [2.24, 2.45) is 0 Å². The minimum Gasteiger partial charge on any atom is -0.550 e. The molecule has 0 saturated carbocycles. The third-order valence-electron chi connectivity index (χ3n) is 9.20. The van der Waals surface area contributed by atoms with Crippen LogP contribution in [0.15, 0.2) is 12.2 Å². The predicted octanol–water partition coefficient (Wildman–Crippen LogP) is 9.22. The van der Waals surface area contributed by atoms with Crippen LogP contribution in [0.1, 0.15) is 187 Å². The van der Waals surface area contributed by atoms with Crippen LogP contribution in [0.2, 0.25) is 0 Å². The lowest BCUT2D eigenvalue weighted by Crippen LogP contribution is -2.51. The fourth-order valence-corrected chi connectivity index (χ4v) is 6.40. The molecule has 0 unspecified atom stereocenters. The van der Waals surface area contributed by atoms with Crippen LogP contribution in [0, 0.1) is 0 Å². The van der Waals surface area contributed by atoms with Gasteiger partial charge in [-0.2, -0.15) is 0 Å². The third kappa shape index (κ3) is 31.9. The van der Waals surface area contributed by atoms with Crippen LogP contribution in [0.25, 0.3) is 0 Å². The highest BCUT2D eigenvalue weighted by Gasteiger charge is 2.26. The average molecular weight is 638 g/mol. The predicted molar refractivity (Wildman–Crippen MR) is 184 cm³/mol. The first-order valence-corrected chi connectivity index (χ1v) is 18.9. The highest BCUT2D eigenvalue weighted by atomic mass is 16.4. The summed E-state index contributed by atoms with van der Waals surface area (Å²) in [6, 6.07) is 0. The Labute approximate surface area is 276 Å². The molecule has 2 N–H and O–H groups in total. The quantitative estimate of drug-likeness (QED) is 0.0402. The molecule has 7 nitrogen and oxygen atoms in total. The lowest BCUT2D eigenvalue weighted by atomic mass is 10.0. The molecule has 0 fully saturated rings. The zero-order valence-corrected chi connectivity index (χ0v) is 29.3. The van der Waals surface area contributed by atoms with Crippen molar-refractivity contribution in [2.45, 2.75) is 187 Å². The largest absolute Gasteiger partial charge is 0.550 e. The lowest BCUT2D eigenvalue weighted by molar-refractivity contribution is -0.929. The molecule has 0 spiro atoms. The number of quaternary nitrogens is 1. The van der Waals surface area contributed by atoms with Crippen molar-refractivity contribution in [3.8, 4) is 0 Å². The Balaban J connectivity index is 4.18. The first kappa shape index (κ1) is 43.1. The van der Waals surface area contributed by atoms with Crippen molar-refractivity contribution < 1.29 is 34.2 Å². The van der Waals surface area contributed by atoms with Gasteiger partial charge in [0.2, 0.25) is 0 Å². The summed E-state index contributed by atoms with van der Waals surface area (Å²) in [4.78, 5) is 33.0. The van der Waals surface area contributed by atoms with Crippen LogP contribution in [0.3, 0.4) is 0 Å². The van der Waals surface area contributed by atoms with E-state index in [-0.39, 0.29) is 19.3 Å². The van der Waals surface area contributed by atoms with Crippen LogP contribution < -0.4 is 5.11 Å². The molecule has 0 aliphatic carbocycles. The monoisotopic (exact) mass is 638 g/mol. The summed E-state index contributed by atoms with van der Waals surface area (Å²) < 4.78 is 0.850. The highest BCUT2D eigenvalue weighted by Crippen LogP contribution is 2.20. The van der Waals surface area contributed by atoms with Gasteiger partial charge in [0.05, 0.1) is 26.2 Å². The van der Waals surface area contributed by atoms with E-state index in [1.807, 2.05) is 0 Å². The molecule has 0 heterocycles. The zero-order valence-electron chi connectivity index (χ0n) is 29.3. The summed E-state index contributed by atoms with van der Waals surface area (Å²) >= 11 is 0. The maximum Gasteiger partial charge on any atom is 0.303 e. The number of unbranched alkanes of at least 4 members (excludes halogenated alkanes) is 20. The van der Waals surface area contributed by atoms with E-state index in [2.05, 4.69) is 19.1 Å². The van der Waals surface area contributed by atoms with Crippen molar-refractivity contribution in [2.75, 3.05) is 26.2 Å². The molecule has 264 valence electrons.